The van der Waals surface area contributed by atoms with Gasteiger partial charge in [-0.15, -0.1) is 0 Å². The number of nitrogens with two attached hydrogens (primary N) is 1. The van der Waals surface area contributed by atoms with Crippen LogP contribution in [-0.4, -0.2) is 22.1 Å². The summed E-state index contributed by atoms with van der Waals surface area (Å²) < 4.78 is 5.55. The molecule has 0 saturated heterocycles. The Bertz CT molecular complexity index is 456. The smallest absolute Gasteiger partial charge is 0.290 e. The minimum atomic E-state index is -0.451. The predicted octanol–water partition coefficient (Wildman–Crippen LogP) is 1.95. The van der Waals surface area contributed by atoms with E-state index < -0.39 is 4.92 Å². The van der Waals surface area contributed by atoms with Gasteiger partial charge in [-0.1, -0.05) is 12.8 Å². The summed E-state index contributed by atoms with van der Waals surface area (Å²) in [7, 11) is 0. The number of rotatable bonds is 4. The molecule has 1 aliphatic rings. The summed E-state index contributed by atoms with van der Waals surface area (Å²) in [6.07, 6.45) is 5.40. The molecule has 0 atom stereocenters. The number of hydrogen-bond donors (Lipinski definition) is 1. The third-order valence-electron chi connectivity index (χ3n) is 3.36. The Hall–Kier alpha value is -1.69. The second kappa shape index (κ2) is 4.89. The van der Waals surface area contributed by atoms with Gasteiger partial charge >= 0.3 is 0 Å². The largest absolute Gasteiger partial charge is 0.476 e. The van der Waals surface area contributed by atoms with Crippen LogP contribution >= 0.6 is 0 Å². The Morgan fingerprint density at radius 3 is 2.78 bits per heavy atom. The SMILES string of the molecule is Cc1cc(OCC2(N)CCCC2)ncc1[N+](=O)[O-]. The molecule has 1 heterocycles. The first-order valence-corrected chi connectivity index (χ1v) is 6.03. The first-order chi connectivity index (χ1) is 8.50. The zero-order chi connectivity index (χ0) is 13.2. The molecule has 1 fully saturated rings. The molecule has 0 amide bonds. The van der Waals surface area contributed by atoms with Crippen LogP contribution in [0.1, 0.15) is 31.2 Å². The maximum Gasteiger partial charge on any atom is 0.290 e. The average Bonchev–Trinajstić information content (AvgIpc) is 2.74. The van der Waals surface area contributed by atoms with Gasteiger partial charge in [0.05, 0.1) is 10.5 Å². The summed E-state index contributed by atoms with van der Waals surface area (Å²) in [6.45, 7) is 2.08. The van der Waals surface area contributed by atoms with Crippen molar-refractivity contribution in [2.75, 3.05) is 6.61 Å². The molecule has 0 unspecified atom stereocenters. The molecule has 0 aliphatic heterocycles. The lowest BCUT2D eigenvalue weighted by Crippen LogP contribution is -2.42. The van der Waals surface area contributed by atoms with E-state index in [1.807, 2.05) is 0 Å². The van der Waals surface area contributed by atoms with Crippen molar-refractivity contribution in [2.45, 2.75) is 38.1 Å². The lowest BCUT2D eigenvalue weighted by Gasteiger charge is -2.23. The highest BCUT2D eigenvalue weighted by Gasteiger charge is 2.30. The van der Waals surface area contributed by atoms with Crippen LogP contribution in [0.5, 0.6) is 5.88 Å². The van der Waals surface area contributed by atoms with Crippen molar-refractivity contribution in [3.05, 3.63) is 27.9 Å². The molecule has 98 valence electrons. The van der Waals surface area contributed by atoms with Crippen LogP contribution in [0.15, 0.2) is 12.3 Å². The van der Waals surface area contributed by atoms with Crippen molar-refractivity contribution in [3.8, 4) is 5.88 Å². The topological polar surface area (TPSA) is 91.3 Å². The number of hydrogen-bond acceptors (Lipinski definition) is 5. The Labute approximate surface area is 105 Å². The molecule has 2 rings (SSSR count). The Morgan fingerprint density at radius 2 is 2.22 bits per heavy atom. The number of ether oxygens (including phenoxy) is 1. The molecule has 0 aromatic carbocycles. The standard InChI is InChI=1S/C12H17N3O3/c1-9-6-11(14-7-10(9)15(16)17)18-8-12(13)4-2-3-5-12/h6-7H,2-5,8,13H2,1H3. The molecular formula is C12H17N3O3. The molecule has 0 radical (unpaired) electrons. The van der Waals surface area contributed by atoms with Gasteiger partial charge in [-0.3, -0.25) is 10.1 Å². The predicted molar refractivity (Wildman–Crippen MR) is 66.5 cm³/mol. The zero-order valence-corrected chi connectivity index (χ0v) is 10.4. The Balaban J connectivity index is 2.02. The van der Waals surface area contributed by atoms with Gasteiger partial charge in [0.2, 0.25) is 5.88 Å². The highest BCUT2D eigenvalue weighted by Crippen LogP contribution is 2.28. The fourth-order valence-electron chi connectivity index (χ4n) is 2.23. The van der Waals surface area contributed by atoms with Gasteiger partial charge in [-0.05, 0) is 19.8 Å². The van der Waals surface area contributed by atoms with Crippen LogP contribution < -0.4 is 10.5 Å². The molecule has 1 saturated carbocycles. The van der Waals surface area contributed by atoms with Crippen molar-refractivity contribution in [2.24, 2.45) is 5.73 Å². The molecule has 0 bridgehead atoms. The van der Waals surface area contributed by atoms with Crippen LogP contribution in [0.4, 0.5) is 5.69 Å². The van der Waals surface area contributed by atoms with Gasteiger partial charge in [-0.25, -0.2) is 4.98 Å². The second-order valence-corrected chi connectivity index (χ2v) is 4.92. The highest BCUT2D eigenvalue weighted by molar-refractivity contribution is 5.39. The molecule has 0 spiro atoms. The average molecular weight is 251 g/mol. The van der Waals surface area contributed by atoms with Crippen LogP contribution in [0, 0.1) is 17.0 Å². The first kappa shape index (κ1) is 12.8. The van der Waals surface area contributed by atoms with E-state index >= 15 is 0 Å². The van der Waals surface area contributed by atoms with Crippen molar-refractivity contribution in [1.82, 2.24) is 4.98 Å². The molecule has 2 N–H and O–H groups in total. The van der Waals surface area contributed by atoms with E-state index in [0.717, 1.165) is 25.7 Å². The molecule has 6 nitrogen and oxygen atoms in total. The third-order valence-corrected chi connectivity index (χ3v) is 3.36. The summed E-state index contributed by atoms with van der Waals surface area (Å²) in [5.74, 6) is 0.398. The van der Waals surface area contributed by atoms with Gasteiger partial charge in [0, 0.05) is 11.6 Å². The van der Waals surface area contributed by atoms with E-state index in [-0.39, 0.29) is 11.2 Å². The first-order valence-electron chi connectivity index (χ1n) is 6.03. The number of pyridine rings is 1. The minimum absolute atomic E-state index is 0.00526. The van der Waals surface area contributed by atoms with Crippen molar-refractivity contribution >= 4 is 5.69 Å². The van der Waals surface area contributed by atoms with Crippen LogP contribution in [0.3, 0.4) is 0 Å². The van der Waals surface area contributed by atoms with Crippen LogP contribution in [0.25, 0.3) is 0 Å². The van der Waals surface area contributed by atoms with Gasteiger partial charge in [-0.2, -0.15) is 0 Å². The van der Waals surface area contributed by atoms with Crippen molar-refractivity contribution < 1.29 is 9.66 Å². The maximum absolute atomic E-state index is 10.7. The highest BCUT2D eigenvalue weighted by atomic mass is 16.6. The molecular weight excluding hydrogens is 234 g/mol. The summed E-state index contributed by atoms with van der Waals surface area (Å²) in [5.41, 5.74) is 6.44. The fourth-order valence-corrected chi connectivity index (χ4v) is 2.23. The van der Waals surface area contributed by atoms with Crippen LogP contribution in [-0.2, 0) is 0 Å². The number of aromatic nitrogens is 1. The van der Waals surface area contributed by atoms with Crippen LogP contribution in [0.2, 0.25) is 0 Å². The normalized spacial score (nSPS) is 17.7. The van der Waals surface area contributed by atoms with Crippen molar-refractivity contribution in [1.29, 1.82) is 0 Å². The summed E-state index contributed by atoms with van der Waals surface area (Å²) in [6, 6.07) is 1.58. The second-order valence-electron chi connectivity index (χ2n) is 4.92. The van der Waals surface area contributed by atoms with E-state index in [4.69, 9.17) is 10.5 Å². The maximum atomic E-state index is 10.7. The molecule has 18 heavy (non-hydrogen) atoms. The van der Waals surface area contributed by atoms with Gasteiger partial charge in [0.25, 0.3) is 5.69 Å². The van der Waals surface area contributed by atoms with E-state index in [2.05, 4.69) is 4.98 Å². The molecule has 6 heteroatoms. The lowest BCUT2D eigenvalue weighted by atomic mass is 10.0. The molecule has 1 aromatic rings. The Kier molecular flexibility index (Phi) is 3.47. The summed E-state index contributed by atoms with van der Waals surface area (Å²) >= 11 is 0. The van der Waals surface area contributed by atoms with Gasteiger partial charge in [0.15, 0.2) is 0 Å². The number of aryl methyl sites for hydroxylation is 1. The number of nitrogens with zero attached hydrogens (tertiary/aromatic N) is 2. The van der Waals surface area contributed by atoms with E-state index in [1.54, 1.807) is 13.0 Å². The summed E-state index contributed by atoms with van der Waals surface area (Å²) in [5, 5.41) is 10.7. The van der Waals surface area contributed by atoms with E-state index in [0.29, 0.717) is 18.1 Å². The lowest BCUT2D eigenvalue weighted by molar-refractivity contribution is -0.385. The van der Waals surface area contributed by atoms with Gasteiger partial charge in [0.1, 0.15) is 12.8 Å². The number of nitro groups is 1. The minimum Gasteiger partial charge on any atom is -0.476 e. The fraction of sp³-hybridized carbons (Fsp3) is 0.583. The monoisotopic (exact) mass is 251 g/mol. The molecule has 1 aliphatic carbocycles. The summed E-state index contributed by atoms with van der Waals surface area (Å²) in [4.78, 5) is 14.1. The van der Waals surface area contributed by atoms with Crippen molar-refractivity contribution in [3.63, 3.8) is 0 Å². The molecule has 1 aromatic heterocycles. The Morgan fingerprint density at radius 1 is 1.56 bits per heavy atom. The zero-order valence-electron chi connectivity index (χ0n) is 10.4. The quantitative estimate of drug-likeness (QED) is 0.652. The van der Waals surface area contributed by atoms with E-state index in [1.165, 1.54) is 6.20 Å². The third kappa shape index (κ3) is 2.76. The van der Waals surface area contributed by atoms with Gasteiger partial charge < -0.3 is 10.5 Å². The van der Waals surface area contributed by atoms with E-state index in [9.17, 15) is 10.1 Å².